The summed E-state index contributed by atoms with van der Waals surface area (Å²) in [7, 11) is 3.13. The van der Waals surface area contributed by atoms with Crippen molar-refractivity contribution in [1.29, 1.82) is 0 Å². The maximum atomic E-state index is 13.0. The minimum atomic E-state index is -0.362. The maximum absolute atomic E-state index is 13.0. The fourth-order valence-corrected chi connectivity index (χ4v) is 5.79. The fourth-order valence-electron chi connectivity index (χ4n) is 5.18. The number of fused-ring (bicyclic) bond motifs is 1. The number of rotatable bonds is 12. The van der Waals surface area contributed by atoms with E-state index in [-0.39, 0.29) is 48.2 Å². The first kappa shape index (κ1) is 34.5. The number of hydrogen-bond donors (Lipinski definition) is 3. The monoisotopic (exact) mass is 694 g/mol. The van der Waals surface area contributed by atoms with E-state index in [1.165, 1.54) is 11.8 Å². The van der Waals surface area contributed by atoms with Crippen LogP contribution in [0.5, 0.6) is 11.8 Å². The Kier molecular flexibility index (Phi) is 11.3. The molecule has 3 heterocycles. The van der Waals surface area contributed by atoms with Gasteiger partial charge in [0.25, 0.3) is 6.01 Å². The third-order valence-electron chi connectivity index (χ3n) is 7.79. The van der Waals surface area contributed by atoms with Crippen molar-refractivity contribution in [2.75, 3.05) is 38.7 Å². The van der Waals surface area contributed by atoms with E-state index in [2.05, 4.69) is 30.9 Å². The topological polar surface area (TPSA) is 152 Å². The van der Waals surface area contributed by atoms with Gasteiger partial charge in [-0.05, 0) is 48.7 Å². The lowest BCUT2D eigenvalue weighted by molar-refractivity contribution is -0.125. The smallest absolute Gasteiger partial charge is 0.297 e. The molecule has 0 saturated carbocycles. The quantitative estimate of drug-likeness (QED) is 0.202. The summed E-state index contributed by atoms with van der Waals surface area (Å²) < 4.78 is 13.7. The number of para-hydroxylation sites is 1. The van der Waals surface area contributed by atoms with Crippen LogP contribution in [0.15, 0.2) is 59.7 Å². The van der Waals surface area contributed by atoms with Gasteiger partial charge in [-0.3, -0.25) is 34.2 Å². The number of benzene rings is 2. The van der Waals surface area contributed by atoms with Gasteiger partial charge in [0.1, 0.15) is 17.9 Å². The number of nitrogens with zero attached hydrogens (tertiary/aromatic N) is 5. The molecule has 2 aromatic carbocycles. The highest BCUT2D eigenvalue weighted by molar-refractivity contribution is 6.38. The molecule has 48 heavy (non-hydrogen) atoms. The Morgan fingerprint density at radius 1 is 1.12 bits per heavy atom. The second kappa shape index (κ2) is 15.8. The second-order valence-electron chi connectivity index (χ2n) is 11.2. The number of ether oxygens (including phenoxy) is 2. The van der Waals surface area contributed by atoms with Gasteiger partial charge in [-0.15, -0.1) is 0 Å². The number of pyridine rings is 1. The van der Waals surface area contributed by atoms with E-state index in [1.807, 2.05) is 34.9 Å². The molecule has 1 aliphatic rings. The van der Waals surface area contributed by atoms with Gasteiger partial charge in [0, 0.05) is 50.3 Å². The van der Waals surface area contributed by atoms with Crippen LogP contribution >= 0.6 is 23.2 Å². The molecular weight excluding hydrogens is 659 g/mol. The van der Waals surface area contributed by atoms with Crippen LogP contribution in [0.1, 0.15) is 31.0 Å². The highest BCUT2D eigenvalue weighted by atomic mass is 35.5. The van der Waals surface area contributed by atoms with Crippen LogP contribution in [-0.2, 0) is 27.5 Å². The molecule has 0 radical (unpaired) electrons. The molecule has 0 aliphatic carbocycles. The van der Waals surface area contributed by atoms with Gasteiger partial charge in [-0.2, -0.15) is 4.98 Å². The summed E-state index contributed by atoms with van der Waals surface area (Å²) in [5, 5.41) is 8.96. The molecule has 15 heteroatoms. The van der Waals surface area contributed by atoms with E-state index in [1.54, 1.807) is 38.6 Å². The zero-order chi connectivity index (χ0) is 34.2. The number of aromatic nitrogens is 3. The molecule has 1 aliphatic heterocycles. The van der Waals surface area contributed by atoms with Gasteiger partial charge < -0.3 is 25.0 Å². The fraction of sp³-hybridized carbons (Fsp3) is 0.333. The lowest BCUT2D eigenvalue weighted by atomic mass is 10.0. The Morgan fingerprint density at radius 3 is 2.67 bits per heavy atom. The molecule has 5 rings (SSSR count). The zero-order valence-corrected chi connectivity index (χ0v) is 28.3. The van der Waals surface area contributed by atoms with Gasteiger partial charge in [-0.25, -0.2) is 0 Å². The number of methoxy groups -OCH3 is 1. The van der Waals surface area contributed by atoms with Gasteiger partial charge >= 0.3 is 0 Å². The summed E-state index contributed by atoms with van der Waals surface area (Å²) in [4.78, 5) is 51.4. The molecule has 1 unspecified atom stereocenters. The van der Waals surface area contributed by atoms with Crippen molar-refractivity contribution in [3.8, 4) is 11.8 Å². The molecule has 0 saturated heterocycles. The van der Waals surface area contributed by atoms with Crippen molar-refractivity contribution in [1.82, 2.24) is 30.5 Å². The van der Waals surface area contributed by atoms with E-state index in [0.29, 0.717) is 65.6 Å². The normalized spacial score (nSPS) is 14.1. The van der Waals surface area contributed by atoms with Crippen molar-refractivity contribution in [2.24, 2.45) is 10.9 Å². The SMILES string of the molecule is COc1nc2c(OCc3c(Cl)ccc(N(C)C(=O)CNC(=O)CCC4CN=C(NC(C)=O)NC4)c3Cl)cccc2n1Cc1ccccn1. The Labute approximate surface area is 287 Å². The average Bonchev–Trinajstić information content (AvgIpc) is 3.44. The van der Waals surface area contributed by atoms with Gasteiger partial charge in [0.15, 0.2) is 5.96 Å². The van der Waals surface area contributed by atoms with Crippen LogP contribution < -0.4 is 30.3 Å². The van der Waals surface area contributed by atoms with Gasteiger partial charge in [0.2, 0.25) is 17.7 Å². The van der Waals surface area contributed by atoms with Crippen molar-refractivity contribution in [3.05, 3.63) is 76.0 Å². The first-order valence-corrected chi connectivity index (χ1v) is 16.0. The summed E-state index contributed by atoms with van der Waals surface area (Å²) in [5.41, 5.74) is 3.15. The summed E-state index contributed by atoms with van der Waals surface area (Å²) in [6.45, 7) is 2.76. The van der Waals surface area contributed by atoms with E-state index in [0.717, 1.165) is 11.2 Å². The van der Waals surface area contributed by atoms with Gasteiger partial charge in [-0.1, -0.05) is 35.3 Å². The number of carbonyl (C=O) groups is 3. The summed E-state index contributed by atoms with van der Waals surface area (Å²) >= 11 is 13.3. The van der Waals surface area contributed by atoms with Crippen LogP contribution in [0.25, 0.3) is 11.0 Å². The van der Waals surface area contributed by atoms with Crippen molar-refractivity contribution < 1.29 is 23.9 Å². The van der Waals surface area contributed by atoms with Crippen LogP contribution in [0.4, 0.5) is 5.69 Å². The number of nitrogens with one attached hydrogen (secondary N) is 3. The van der Waals surface area contributed by atoms with Gasteiger partial charge in [0.05, 0.1) is 42.1 Å². The summed E-state index contributed by atoms with van der Waals surface area (Å²) in [6, 6.07) is 15.0. The standard InChI is InChI=1S/C33H36Cl2N8O5/c1-20(44)40-32-38-15-21(16-39-32)10-13-28(45)37-17-29(46)42(2)25-12-11-24(34)23(30(25)35)19-48-27-9-6-8-26-31(27)41-33(47-3)43(26)18-22-7-4-5-14-36-22/h4-9,11-12,14,21H,10,13,15-19H2,1-3H3,(H,37,45)(H2,38,39,40,44). The maximum Gasteiger partial charge on any atom is 0.297 e. The van der Waals surface area contributed by atoms with Crippen LogP contribution in [0.3, 0.4) is 0 Å². The van der Waals surface area contributed by atoms with Crippen molar-refractivity contribution in [3.63, 3.8) is 0 Å². The molecular formula is C33H36Cl2N8O5. The number of amides is 3. The van der Waals surface area contributed by atoms with E-state index >= 15 is 0 Å². The molecule has 13 nitrogen and oxygen atoms in total. The second-order valence-corrected chi connectivity index (χ2v) is 11.9. The molecule has 0 spiro atoms. The number of halogens is 2. The first-order chi connectivity index (χ1) is 23.1. The van der Waals surface area contributed by atoms with Crippen molar-refractivity contribution >= 4 is 63.6 Å². The molecule has 4 aromatic rings. The third kappa shape index (κ3) is 8.33. The Morgan fingerprint density at radius 2 is 1.96 bits per heavy atom. The number of guanidine groups is 1. The number of imidazole rings is 1. The molecule has 252 valence electrons. The molecule has 3 N–H and O–H groups in total. The number of hydrogen-bond acceptors (Lipinski definition) is 9. The Balaban J connectivity index is 1.20. The van der Waals surface area contributed by atoms with E-state index < -0.39 is 0 Å². The average molecular weight is 696 g/mol. The highest BCUT2D eigenvalue weighted by Gasteiger charge is 2.22. The minimum absolute atomic E-state index is 0.00514. The summed E-state index contributed by atoms with van der Waals surface area (Å²) in [5.74, 6) is 0.261. The predicted molar refractivity (Wildman–Crippen MR) is 184 cm³/mol. The van der Waals surface area contributed by atoms with E-state index in [4.69, 9.17) is 32.7 Å². The van der Waals surface area contributed by atoms with E-state index in [9.17, 15) is 14.4 Å². The lowest BCUT2D eigenvalue weighted by Crippen LogP contribution is -2.46. The number of anilines is 1. The number of likely N-dealkylation sites (N-methyl/N-ethyl adjacent to an activating group) is 1. The highest BCUT2D eigenvalue weighted by Crippen LogP contribution is 2.36. The first-order valence-electron chi connectivity index (χ1n) is 15.3. The number of carbonyl (C=O) groups excluding carboxylic acids is 3. The largest absolute Gasteiger partial charge is 0.486 e. The number of aliphatic imine (C=N–C) groups is 1. The lowest BCUT2D eigenvalue weighted by Gasteiger charge is -2.23. The molecule has 0 bridgehead atoms. The third-order valence-corrected chi connectivity index (χ3v) is 8.56. The molecule has 0 fully saturated rings. The predicted octanol–water partition coefficient (Wildman–Crippen LogP) is 3.94. The minimum Gasteiger partial charge on any atom is -0.486 e. The molecule has 2 aromatic heterocycles. The Hall–Kier alpha value is -4.88. The Bertz CT molecular complexity index is 1830. The van der Waals surface area contributed by atoms with Crippen LogP contribution in [0, 0.1) is 5.92 Å². The molecule has 3 amide bonds. The summed E-state index contributed by atoms with van der Waals surface area (Å²) in [6.07, 6.45) is 2.55. The van der Waals surface area contributed by atoms with Crippen molar-refractivity contribution in [2.45, 2.75) is 32.9 Å². The van der Waals surface area contributed by atoms with Crippen LogP contribution in [-0.4, -0.2) is 72.0 Å². The zero-order valence-electron chi connectivity index (χ0n) is 26.8. The molecule has 1 atom stereocenters. The van der Waals surface area contributed by atoms with Crippen LogP contribution in [0.2, 0.25) is 10.0 Å².